The van der Waals surface area contributed by atoms with Gasteiger partial charge < -0.3 is 0 Å². The number of carbonyl (C=O) groups is 1. The van der Waals surface area contributed by atoms with Gasteiger partial charge in [0, 0.05) is 11.1 Å². The molecule has 2 N–H and O–H groups in total. The van der Waals surface area contributed by atoms with Crippen LogP contribution in [0.1, 0.15) is 16.1 Å². The van der Waals surface area contributed by atoms with Crippen LogP contribution in [-0.4, -0.2) is 27.7 Å². The molecule has 2 aromatic carbocycles. The minimum absolute atomic E-state index is 0.204. The molecule has 4 rings (SSSR count). The van der Waals surface area contributed by atoms with Crippen molar-refractivity contribution < 1.29 is 21.6 Å². The molecule has 0 aliphatic carbocycles. The molecular formula is C17H13N3O5S2. The molecule has 0 fully saturated rings. The Morgan fingerprint density at radius 1 is 1.07 bits per heavy atom. The highest BCUT2D eigenvalue weighted by Crippen LogP contribution is 2.28. The summed E-state index contributed by atoms with van der Waals surface area (Å²) in [7, 11) is -8.00. The first-order valence-corrected chi connectivity index (χ1v) is 10.7. The van der Waals surface area contributed by atoms with Crippen molar-refractivity contribution in [3.05, 3.63) is 59.8 Å². The highest BCUT2D eigenvalue weighted by atomic mass is 32.2. The number of aryl methyl sites for hydroxylation is 1. The van der Waals surface area contributed by atoms with E-state index in [2.05, 4.69) is 9.71 Å². The fraction of sp³-hybridized carbons (Fsp3) is 0.0588. The molecule has 0 atom stereocenters. The van der Waals surface area contributed by atoms with Gasteiger partial charge in [-0.3, -0.25) is 14.5 Å². The third kappa shape index (κ3) is 2.92. The number of amides is 1. The number of nitrogens with one attached hydrogen (secondary N) is 2. The van der Waals surface area contributed by atoms with E-state index in [4.69, 9.17) is 0 Å². The van der Waals surface area contributed by atoms with Crippen LogP contribution in [0.5, 0.6) is 0 Å². The van der Waals surface area contributed by atoms with Gasteiger partial charge >= 0.3 is 0 Å². The van der Waals surface area contributed by atoms with Gasteiger partial charge in [-0.1, -0.05) is 18.2 Å². The van der Waals surface area contributed by atoms with E-state index >= 15 is 0 Å². The minimum Gasteiger partial charge on any atom is -0.277 e. The zero-order valence-corrected chi connectivity index (χ0v) is 15.6. The predicted molar refractivity (Wildman–Crippen MR) is 98.4 cm³/mol. The molecule has 0 spiro atoms. The summed E-state index contributed by atoms with van der Waals surface area (Å²) in [4.78, 5) is 15.7. The summed E-state index contributed by atoms with van der Waals surface area (Å²) in [5.74, 6) is -0.857. The van der Waals surface area contributed by atoms with E-state index in [1.54, 1.807) is 19.1 Å². The van der Waals surface area contributed by atoms with Gasteiger partial charge in [-0.25, -0.2) is 21.6 Å². The van der Waals surface area contributed by atoms with Crippen LogP contribution in [0.15, 0.2) is 58.3 Å². The van der Waals surface area contributed by atoms with Crippen molar-refractivity contribution in [1.29, 1.82) is 0 Å². The van der Waals surface area contributed by atoms with E-state index in [1.165, 1.54) is 0 Å². The fourth-order valence-corrected chi connectivity index (χ4v) is 5.10. The second-order valence-electron chi connectivity index (χ2n) is 6.03. The second kappa shape index (κ2) is 5.76. The Morgan fingerprint density at radius 2 is 1.85 bits per heavy atom. The monoisotopic (exact) mass is 403 g/mol. The maximum atomic E-state index is 12.8. The van der Waals surface area contributed by atoms with Crippen molar-refractivity contribution in [1.82, 2.24) is 9.71 Å². The summed E-state index contributed by atoms with van der Waals surface area (Å²) in [5.41, 5.74) is 1.30. The van der Waals surface area contributed by atoms with E-state index in [0.717, 1.165) is 29.3 Å². The van der Waals surface area contributed by atoms with Crippen LogP contribution in [0.25, 0.3) is 10.9 Å². The molecule has 2 heterocycles. The molecule has 1 aliphatic heterocycles. The molecule has 138 valence electrons. The Balaban J connectivity index is 1.79. The van der Waals surface area contributed by atoms with Crippen LogP contribution >= 0.6 is 0 Å². The molecule has 27 heavy (non-hydrogen) atoms. The maximum absolute atomic E-state index is 12.8. The normalized spacial score (nSPS) is 15.4. The molecular weight excluding hydrogens is 390 g/mol. The Hall–Kier alpha value is -2.98. The zero-order valence-electron chi connectivity index (χ0n) is 13.9. The molecule has 1 aliphatic rings. The number of anilines is 1. The lowest BCUT2D eigenvalue weighted by molar-refractivity contribution is 0.0985. The number of para-hydroxylation sites is 1. The number of nitrogens with zero attached hydrogens (tertiary/aromatic N) is 1. The first-order valence-electron chi connectivity index (χ1n) is 7.78. The number of hydrogen-bond donors (Lipinski definition) is 2. The summed E-state index contributed by atoms with van der Waals surface area (Å²) in [6.45, 7) is 1.80. The third-order valence-corrected chi connectivity index (χ3v) is 6.88. The number of rotatable bonds is 3. The van der Waals surface area contributed by atoms with Gasteiger partial charge in [-0.15, -0.1) is 0 Å². The van der Waals surface area contributed by atoms with Gasteiger partial charge in [-0.05, 0) is 37.3 Å². The zero-order chi connectivity index (χ0) is 19.4. The standard InChI is InChI=1S/C17H13N3O5S2/c1-10-5-6-11-3-2-4-14(16(11)18-10)19-26(22,23)12-7-8-15-13(9-12)17(21)20-27(15,24)25/h2-9,19H,1H3,(H,20,21). The predicted octanol–water partition coefficient (Wildman–Crippen LogP) is 1.78. The van der Waals surface area contributed by atoms with E-state index in [-0.39, 0.29) is 21.0 Å². The van der Waals surface area contributed by atoms with Gasteiger partial charge in [0.05, 0.1) is 21.7 Å². The lowest BCUT2D eigenvalue weighted by atomic mass is 10.2. The van der Waals surface area contributed by atoms with Crippen molar-refractivity contribution >= 4 is 42.5 Å². The Bertz CT molecular complexity index is 1330. The number of sulfonamides is 2. The number of carbonyl (C=O) groups excluding carboxylic acids is 1. The van der Waals surface area contributed by atoms with Crippen LogP contribution in [0.3, 0.4) is 0 Å². The van der Waals surface area contributed by atoms with Crippen LogP contribution in [0.4, 0.5) is 5.69 Å². The van der Waals surface area contributed by atoms with E-state index in [9.17, 15) is 21.6 Å². The van der Waals surface area contributed by atoms with Gasteiger partial charge in [0.1, 0.15) is 4.90 Å². The Labute approximate surface area is 155 Å². The number of pyridine rings is 1. The van der Waals surface area contributed by atoms with Gasteiger partial charge in [0.2, 0.25) is 0 Å². The maximum Gasteiger partial charge on any atom is 0.266 e. The van der Waals surface area contributed by atoms with Crippen LogP contribution in [0.2, 0.25) is 0 Å². The minimum atomic E-state index is -4.06. The number of benzene rings is 2. The lowest BCUT2D eigenvalue weighted by Gasteiger charge is -2.11. The smallest absolute Gasteiger partial charge is 0.266 e. The molecule has 0 radical (unpaired) electrons. The van der Waals surface area contributed by atoms with Crippen molar-refractivity contribution in [3.8, 4) is 0 Å². The molecule has 10 heteroatoms. The molecule has 1 amide bonds. The molecule has 0 saturated carbocycles. The second-order valence-corrected chi connectivity index (χ2v) is 9.36. The summed E-state index contributed by atoms with van der Waals surface area (Å²) >= 11 is 0. The Kier molecular flexibility index (Phi) is 3.72. The highest BCUT2D eigenvalue weighted by Gasteiger charge is 2.33. The molecule has 3 aromatic rings. The third-order valence-electron chi connectivity index (χ3n) is 4.13. The first-order chi connectivity index (χ1) is 12.7. The molecule has 0 unspecified atom stereocenters. The lowest BCUT2D eigenvalue weighted by Crippen LogP contribution is -2.20. The SMILES string of the molecule is Cc1ccc2cccc(NS(=O)(=O)c3ccc4c(c3)C(=O)NS4(=O)=O)c2n1. The summed E-state index contributed by atoms with van der Waals surface area (Å²) < 4.78 is 53.4. The molecule has 8 nitrogen and oxygen atoms in total. The van der Waals surface area contributed by atoms with Gasteiger partial charge in [0.15, 0.2) is 0 Å². The average Bonchev–Trinajstić information content (AvgIpc) is 2.84. The van der Waals surface area contributed by atoms with E-state index < -0.39 is 26.0 Å². The van der Waals surface area contributed by atoms with Crippen LogP contribution < -0.4 is 9.44 Å². The molecule has 0 bridgehead atoms. The topological polar surface area (TPSA) is 122 Å². The summed E-state index contributed by atoms with van der Waals surface area (Å²) in [6, 6.07) is 12.0. The number of fused-ring (bicyclic) bond motifs is 2. The summed E-state index contributed by atoms with van der Waals surface area (Å²) in [5, 5.41) is 0.764. The van der Waals surface area contributed by atoms with Crippen LogP contribution in [-0.2, 0) is 20.0 Å². The largest absolute Gasteiger partial charge is 0.277 e. The summed E-state index contributed by atoms with van der Waals surface area (Å²) in [6.07, 6.45) is 0. The number of hydrogen-bond acceptors (Lipinski definition) is 6. The molecule has 0 saturated heterocycles. The molecule has 1 aromatic heterocycles. The first kappa shape index (κ1) is 17.4. The quantitative estimate of drug-likeness (QED) is 0.687. The Morgan fingerprint density at radius 3 is 2.63 bits per heavy atom. The van der Waals surface area contributed by atoms with Crippen LogP contribution in [0, 0.1) is 6.92 Å². The average molecular weight is 403 g/mol. The van der Waals surface area contributed by atoms with Crippen molar-refractivity contribution in [2.24, 2.45) is 0 Å². The van der Waals surface area contributed by atoms with Crippen molar-refractivity contribution in [2.75, 3.05) is 4.72 Å². The van der Waals surface area contributed by atoms with Crippen molar-refractivity contribution in [3.63, 3.8) is 0 Å². The fourth-order valence-electron chi connectivity index (χ4n) is 2.85. The van der Waals surface area contributed by atoms with Crippen molar-refractivity contribution in [2.45, 2.75) is 16.7 Å². The van der Waals surface area contributed by atoms with Gasteiger partial charge in [-0.2, -0.15) is 0 Å². The van der Waals surface area contributed by atoms with Gasteiger partial charge in [0.25, 0.3) is 26.0 Å². The van der Waals surface area contributed by atoms with E-state index in [1.807, 2.05) is 22.9 Å². The number of aromatic nitrogens is 1. The van der Waals surface area contributed by atoms with E-state index in [0.29, 0.717) is 5.52 Å². The highest BCUT2D eigenvalue weighted by molar-refractivity contribution is 7.92.